The Morgan fingerprint density at radius 3 is 2.63 bits per heavy atom. The van der Waals surface area contributed by atoms with Gasteiger partial charge in [-0.15, -0.1) is 10.2 Å². The molecule has 164 valence electrons. The van der Waals surface area contributed by atoms with E-state index in [-0.39, 0.29) is 23.1 Å². The van der Waals surface area contributed by atoms with Crippen molar-refractivity contribution in [1.29, 1.82) is 0 Å². The van der Waals surface area contributed by atoms with Crippen LogP contribution in [-0.4, -0.2) is 36.9 Å². The van der Waals surface area contributed by atoms with E-state index >= 15 is 0 Å². The van der Waals surface area contributed by atoms with Crippen molar-refractivity contribution in [3.8, 4) is 0 Å². The summed E-state index contributed by atoms with van der Waals surface area (Å²) in [4.78, 5) is 37.7. The van der Waals surface area contributed by atoms with Crippen LogP contribution in [0.25, 0.3) is 0 Å². The van der Waals surface area contributed by atoms with E-state index < -0.39 is 17.0 Å². The number of thioether (sulfide) groups is 1. The first-order chi connectivity index (χ1) is 14.3. The fourth-order valence-corrected chi connectivity index (χ4v) is 5.24. The van der Waals surface area contributed by atoms with Gasteiger partial charge in [0, 0.05) is 19.6 Å². The first kappa shape index (κ1) is 22.5. The van der Waals surface area contributed by atoms with Crippen LogP contribution >= 0.6 is 23.1 Å². The quantitative estimate of drug-likeness (QED) is 0.462. The third-order valence-electron chi connectivity index (χ3n) is 5.08. The molecule has 0 atom stereocenters. The molecule has 1 fully saturated rings. The summed E-state index contributed by atoms with van der Waals surface area (Å²) in [7, 11) is 1.36. The van der Waals surface area contributed by atoms with Crippen molar-refractivity contribution in [2.24, 2.45) is 13.0 Å². The van der Waals surface area contributed by atoms with Crippen molar-refractivity contribution < 1.29 is 4.79 Å². The lowest BCUT2D eigenvalue weighted by atomic mass is 9.96. The van der Waals surface area contributed by atoms with Gasteiger partial charge < -0.3 is 11.1 Å². The summed E-state index contributed by atoms with van der Waals surface area (Å²) < 4.78 is 2.88. The van der Waals surface area contributed by atoms with Crippen molar-refractivity contribution in [1.82, 2.24) is 19.3 Å². The Bertz CT molecular complexity index is 1020. The fourth-order valence-electron chi connectivity index (χ4n) is 3.53. The number of hydrogen-bond donors (Lipinski definition) is 2. The number of nitrogens with one attached hydrogen (secondary N) is 1. The second-order valence-corrected chi connectivity index (χ2v) is 10.2. The van der Waals surface area contributed by atoms with Crippen molar-refractivity contribution in [3.05, 3.63) is 26.4 Å². The molecule has 0 radical (unpaired) electrons. The zero-order valence-electron chi connectivity index (χ0n) is 17.5. The minimum Gasteiger partial charge on any atom is -0.384 e. The van der Waals surface area contributed by atoms with Gasteiger partial charge in [-0.25, -0.2) is 4.79 Å². The molecule has 0 aliphatic heterocycles. The number of nitrogens with two attached hydrogens (primary N) is 1. The molecular weight excluding hydrogens is 424 g/mol. The summed E-state index contributed by atoms with van der Waals surface area (Å²) in [5, 5.41) is 12.4. The molecule has 2 aromatic heterocycles. The number of anilines is 2. The number of carbonyl (C=O) groups excluding carboxylic acids is 1. The van der Waals surface area contributed by atoms with Crippen LogP contribution in [0, 0.1) is 5.92 Å². The Labute approximate surface area is 183 Å². The standard InChI is InChI=1S/C19H28N6O3S2/c1-11(2)9-25-15(20)14(16(27)24(3)19(25)28)13(26)10-29-18-23-22-17(30-18)21-12-7-5-4-6-8-12/h11-12H,4-10,20H2,1-3H3,(H,21,22). The Balaban J connectivity index is 1.71. The lowest BCUT2D eigenvalue weighted by Crippen LogP contribution is -2.43. The summed E-state index contributed by atoms with van der Waals surface area (Å²) in [6.45, 7) is 4.20. The van der Waals surface area contributed by atoms with E-state index in [2.05, 4.69) is 15.5 Å². The molecule has 3 N–H and O–H groups in total. The van der Waals surface area contributed by atoms with Gasteiger partial charge in [0.1, 0.15) is 11.4 Å². The van der Waals surface area contributed by atoms with E-state index in [0.29, 0.717) is 16.9 Å². The van der Waals surface area contributed by atoms with Gasteiger partial charge in [-0.3, -0.25) is 18.7 Å². The molecule has 9 nitrogen and oxygen atoms in total. The van der Waals surface area contributed by atoms with Crippen LogP contribution in [0.3, 0.4) is 0 Å². The Hall–Kier alpha value is -2.14. The smallest absolute Gasteiger partial charge is 0.332 e. The minimum absolute atomic E-state index is 0.00259. The number of rotatable bonds is 8. The van der Waals surface area contributed by atoms with Gasteiger partial charge >= 0.3 is 5.69 Å². The molecule has 2 heterocycles. The van der Waals surface area contributed by atoms with Gasteiger partial charge in [0.05, 0.1) is 5.75 Å². The van der Waals surface area contributed by atoms with E-state index in [1.54, 1.807) is 0 Å². The predicted octanol–water partition coefficient (Wildman–Crippen LogP) is 2.36. The third kappa shape index (κ3) is 5.12. The van der Waals surface area contributed by atoms with Gasteiger partial charge in [0.25, 0.3) is 5.56 Å². The summed E-state index contributed by atoms with van der Waals surface area (Å²) in [6, 6.07) is 0.427. The molecule has 1 aliphatic carbocycles. The molecule has 0 bridgehead atoms. The number of hydrogen-bond acceptors (Lipinski definition) is 9. The molecule has 0 unspecified atom stereocenters. The molecule has 0 spiro atoms. The molecule has 11 heteroatoms. The van der Waals surface area contributed by atoms with Gasteiger partial charge in [-0.05, 0) is 18.8 Å². The van der Waals surface area contributed by atoms with Gasteiger partial charge in [0.15, 0.2) is 10.1 Å². The number of Topliss-reactive ketones (excluding diaryl/α,β-unsaturated/α-hetero) is 1. The predicted molar refractivity (Wildman–Crippen MR) is 121 cm³/mol. The maximum absolute atomic E-state index is 12.8. The normalized spacial score (nSPS) is 14.9. The van der Waals surface area contributed by atoms with E-state index in [0.717, 1.165) is 22.5 Å². The molecule has 2 aromatic rings. The fraction of sp³-hybridized carbons (Fsp3) is 0.632. The zero-order valence-corrected chi connectivity index (χ0v) is 19.1. The third-order valence-corrected chi connectivity index (χ3v) is 7.06. The molecule has 3 rings (SSSR count). The van der Waals surface area contributed by atoms with Gasteiger partial charge in [-0.2, -0.15) is 0 Å². The van der Waals surface area contributed by atoms with E-state index in [1.807, 2.05) is 13.8 Å². The van der Waals surface area contributed by atoms with E-state index in [1.165, 1.54) is 54.0 Å². The summed E-state index contributed by atoms with van der Waals surface area (Å²) in [5.74, 6) is -0.361. The Morgan fingerprint density at radius 1 is 1.27 bits per heavy atom. The van der Waals surface area contributed by atoms with Crippen molar-refractivity contribution in [3.63, 3.8) is 0 Å². The van der Waals surface area contributed by atoms with Crippen LogP contribution in [-0.2, 0) is 13.6 Å². The van der Waals surface area contributed by atoms with Crippen LogP contribution in [0.5, 0.6) is 0 Å². The van der Waals surface area contributed by atoms with Crippen molar-refractivity contribution in [2.45, 2.75) is 62.9 Å². The summed E-state index contributed by atoms with van der Waals surface area (Å²) in [5.41, 5.74) is 4.74. The number of aromatic nitrogens is 4. The maximum atomic E-state index is 12.8. The number of carbonyl (C=O) groups is 1. The Kier molecular flexibility index (Phi) is 7.35. The molecule has 30 heavy (non-hydrogen) atoms. The lowest BCUT2D eigenvalue weighted by Gasteiger charge is -2.21. The number of nitrogens with zero attached hydrogens (tertiary/aromatic N) is 4. The molecular formula is C19H28N6O3S2. The topological polar surface area (TPSA) is 125 Å². The first-order valence-electron chi connectivity index (χ1n) is 10.1. The highest BCUT2D eigenvalue weighted by molar-refractivity contribution is 8.01. The second kappa shape index (κ2) is 9.78. The second-order valence-electron chi connectivity index (χ2n) is 7.98. The summed E-state index contributed by atoms with van der Waals surface area (Å²) in [6.07, 6.45) is 6.00. The highest BCUT2D eigenvalue weighted by Gasteiger charge is 2.23. The first-order valence-corrected chi connectivity index (χ1v) is 11.9. The van der Waals surface area contributed by atoms with Crippen LogP contribution in [0.1, 0.15) is 56.3 Å². The van der Waals surface area contributed by atoms with Crippen molar-refractivity contribution >= 4 is 39.8 Å². The van der Waals surface area contributed by atoms with Crippen LogP contribution in [0.15, 0.2) is 13.9 Å². The van der Waals surface area contributed by atoms with Crippen LogP contribution in [0.2, 0.25) is 0 Å². The van der Waals surface area contributed by atoms with Gasteiger partial charge in [-0.1, -0.05) is 56.2 Å². The lowest BCUT2D eigenvalue weighted by molar-refractivity contribution is 0.102. The monoisotopic (exact) mass is 452 g/mol. The van der Waals surface area contributed by atoms with Gasteiger partial charge in [0.2, 0.25) is 5.13 Å². The molecule has 1 saturated carbocycles. The molecule has 1 aliphatic rings. The van der Waals surface area contributed by atoms with E-state index in [4.69, 9.17) is 5.73 Å². The Morgan fingerprint density at radius 2 is 1.97 bits per heavy atom. The SMILES string of the molecule is CC(C)Cn1c(N)c(C(=O)CSc2nnc(NC3CCCCC3)s2)c(=O)n(C)c1=O. The zero-order chi connectivity index (χ0) is 21.8. The molecule has 0 saturated heterocycles. The van der Waals surface area contributed by atoms with Crippen LogP contribution in [0.4, 0.5) is 10.9 Å². The maximum Gasteiger partial charge on any atom is 0.332 e. The highest BCUT2D eigenvalue weighted by atomic mass is 32.2. The average molecular weight is 453 g/mol. The number of nitrogen functional groups attached to an aromatic ring is 1. The highest BCUT2D eigenvalue weighted by Crippen LogP contribution is 2.28. The molecule has 0 amide bonds. The summed E-state index contributed by atoms with van der Waals surface area (Å²) >= 11 is 2.61. The minimum atomic E-state index is -0.667. The number of ketones is 1. The average Bonchev–Trinajstić information content (AvgIpc) is 3.16. The van der Waals surface area contributed by atoms with Crippen molar-refractivity contribution in [2.75, 3.05) is 16.8 Å². The van der Waals surface area contributed by atoms with E-state index in [9.17, 15) is 14.4 Å². The van der Waals surface area contributed by atoms with Crippen LogP contribution < -0.4 is 22.3 Å². The largest absolute Gasteiger partial charge is 0.384 e. The molecule has 0 aromatic carbocycles.